The SMILES string of the molecule is Cc1ccc(N(c2ccc(C)cc2)c2ccc(-c3ccc(-c4cccc5c4sc4ccccc45)cc3)c(-c3ccc4c(c3)C(C)(C)c3ccccc3-4)c2)cc1. The van der Waals surface area contributed by atoms with Crippen molar-refractivity contribution in [3.05, 3.63) is 198 Å². The molecule has 1 aromatic heterocycles. The Kier molecular flexibility index (Phi) is 7.87. The van der Waals surface area contributed by atoms with Crippen LogP contribution in [0.15, 0.2) is 176 Å². The number of rotatable bonds is 6. The highest BCUT2D eigenvalue weighted by molar-refractivity contribution is 7.26. The maximum absolute atomic E-state index is 2.45. The Hall–Kier alpha value is -6.22. The van der Waals surface area contributed by atoms with Crippen molar-refractivity contribution in [3.8, 4) is 44.5 Å². The van der Waals surface area contributed by atoms with E-state index < -0.39 is 0 Å². The lowest BCUT2D eigenvalue weighted by atomic mass is 9.81. The Morgan fingerprint density at radius 3 is 1.67 bits per heavy atom. The molecule has 9 aromatic rings. The van der Waals surface area contributed by atoms with Crippen molar-refractivity contribution in [2.24, 2.45) is 0 Å². The highest BCUT2D eigenvalue weighted by Crippen LogP contribution is 2.51. The Balaban J connectivity index is 1.14. The molecule has 55 heavy (non-hydrogen) atoms. The molecule has 1 aliphatic carbocycles. The van der Waals surface area contributed by atoms with Gasteiger partial charge in [0.25, 0.3) is 0 Å². The summed E-state index contributed by atoms with van der Waals surface area (Å²) >= 11 is 1.89. The van der Waals surface area contributed by atoms with Gasteiger partial charge in [0.15, 0.2) is 0 Å². The second-order valence-electron chi connectivity index (χ2n) is 15.5. The minimum atomic E-state index is -0.0925. The van der Waals surface area contributed by atoms with Gasteiger partial charge in [0, 0.05) is 42.6 Å². The van der Waals surface area contributed by atoms with Crippen LogP contribution in [-0.4, -0.2) is 0 Å². The van der Waals surface area contributed by atoms with Gasteiger partial charge < -0.3 is 4.90 Å². The summed E-state index contributed by atoms with van der Waals surface area (Å²) in [7, 11) is 0. The van der Waals surface area contributed by atoms with Crippen molar-refractivity contribution in [1.82, 2.24) is 0 Å². The second kappa shape index (κ2) is 13.0. The minimum Gasteiger partial charge on any atom is -0.310 e. The van der Waals surface area contributed by atoms with Crippen molar-refractivity contribution in [3.63, 3.8) is 0 Å². The molecule has 0 amide bonds. The quantitative estimate of drug-likeness (QED) is 0.165. The number of hydrogen-bond donors (Lipinski definition) is 0. The van der Waals surface area contributed by atoms with E-state index in [1.165, 1.54) is 86.9 Å². The third-order valence-electron chi connectivity index (χ3n) is 11.7. The normalized spacial score (nSPS) is 12.9. The number of anilines is 3. The number of nitrogens with zero attached hydrogens (tertiary/aromatic N) is 1. The summed E-state index contributed by atoms with van der Waals surface area (Å²) in [5.41, 5.74) is 18.6. The monoisotopic (exact) mass is 723 g/mol. The number of fused-ring (bicyclic) bond motifs is 6. The van der Waals surface area contributed by atoms with Crippen LogP contribution in [0.3, 0.4) is 0 Å². The molecule has 0 saturated carbocycles. The van der Waals surface area contributed by atoms with Crippen molar-refractivity contribution in [1.29, 1.82) is 0 Å². The van der Waals surface area contributed by atoms with Gasteiger partial charge in [0.05, 0.1) is 0 Å². The molecule has 0 bridgehead atoms. The van der Waals surface area contributed by atoms with E-state index in [4.69, 9.17) is 0 Å². The molecule has 0 N–H and O–H groups in total. The zero-order valence-corrected chi connectivity index (χ0v) is 32.4. The Morgan fingerprint density at radius 2 is 0.945 bits per heavy atom. The van der Waals surface area contributed by atoms with Crippen molar-refractivity contribution in [2.75, 3.05) is 4.90 Å². The van der Waals surface area contributed by atoms with Gasteiger partial charge in [-0.05, 0) is 118 Å². The number of hydrogen-bond acceptors (Lipinski definition) is 2. The molecule has 10 rings (SSSR count). The average molecular weight is 724 g/mol. The summed E-state index contributed by atoms with van der Waals surface area (Å²) in [5, 5.41) is 2.66. The van der Waals surface area contributed by atoms with Crippen molar-refractivity contribution >= 4 is 48.6 Å². The molecule has 2 heteroatoms. The Morgan fingerprint density at radius 1 is 0.400 bits per heavy atom. The average Bonchev–Trinajstić information content (AvgIpc) is 3.71. The zero-order valence-electron chi connectivity index (χ0n) is 31.6. The predicted octanol–water partition coefficient (Wildman–Crippen LogP) is 15.4. The van der Waals surface area contributed by atoms with E-state index in [1.54, 1.807) is 0 Å². The molecule has 0 saturated heterocycles. The summed E-state index contributed by atoms with van der Waals surface area (Å²) in [4.78, 5) is 2.38. The van der Waals surface area contributed by atoms with Gasteiger partial charge in [-0.3, -0.25) is 0 Å². The van der Waals surface area contributed by atoms with Gasteiger partial charge in [-0.15, -0.1) is 11.3 Å². The largest absolute Gasteiger partial charge is 0.310 e. The van der Waals surface area contributed by atoms with E-state index >= 15 is 0 Å². The van der Waals surface area contributed by atoms with E-state index in [9.17, 15) is 0 Å². The molecule has 1 nitrogen and oxygen atoms in total. The van der Waals surface area contributed by atoms with E-state index in [0.29, 0.717) is 0 Å². The van der Waals surface area contributed by atoms with E-state index in [0.717, 1.165) is 17.1 Å². The van der Waals surface area contributed by atoms with E-state index in [-0.39, 0.29) is 5.41 Å². The Bertz CT molecular complexity index is 2850. The fraction of sp³-hybridized carbons (Fsp3) is 0.0943. The molecule has 0 atom stereocenters. The van der Waals surface area contributed by atoms with Crippen LogP contribution in [0.2, 0.25) is 0 Å². The second-order valence-corrected chi connectivity index (χ2v) is 16.6. The lowest BCUT2D eigenvalue weighted by Gasteiger charge is -2.27. The molecule has 8 aromatic carbocycles. The maximum atomic E-state index is 2.45. The van der Waals surface area contributed by atoms with Crippen molar-refractivity contribution in [2.45, 2.75) is 33.1 Å². The van der Waals surface area contributed by atoms with Gasteiger partial charge >= 0.3 is 0 Å². The molecule has 0 radical (unpaired) electrons. The molecule has 1 aliphatic rings. The standard InChI is InChI=1S/C53H41NS/c1-34-16-25-39(26-17-34)54(40-27-18-35(2)19-28-40)41-29-31-42(48(33-41)38-24-30-45-44-10-5-7-14-49(44)53(3,4)50(45)32-38)36-20-22-37(23-21-36)43-12-9-13-47-46-11-6-8-15-51(46)55-52(43)47/h5-33H,1-4H3. The van der Waals surface area contributed by atoms with Crippen LogP contribution >= 0.6 is 11.3 Å². The smallest absolute Gasteiger partial charge is 0.0468 e. The highest BCUT2D eigenvalue weighted by Gasteiger charge is 2.35. The summed E-state index contributed by atoms with van der Waals surface area (Å²) in [6, 6.07) is 65.5. The van der Waals surface area contributed by atoms with Crippen LogP contribution in [0.5, 0.6) is 0 Å². The molecule has 0 spiro atoms. The van der Waals surface area contributed by atoms with E-state index in [1.807, 2.05) is 11.3 Å². The van der Waals surface area contributed by atoms with Gasteiger partial charge in [0.1, 0.15) is 0 Å². The molecule has 264 valence electrons. The van der Waals surface area contributed by atoms with Crippen LogP contribution < -0.4 is 4.90 Å². The lowest BCUT2D eigenvalue weighted by Crippen LogP contribution is -2.15. The molecule has 0 fully saturated rings. The summed E-state index contributed by atoms with van der Waals surface area (Å²) in [5.74, 6) is 0. The minimum absolute atomic E-state index is 0.0925. The van der Waals surface area contributed by atoms with Gasteiger partial charge in [-0.1, -0.05) is 152 Å². The Labute approximate surface area is 327 Å². The zero-order chi connectivity index (χ0) is 37.3. The third kappa shape index (κ3) is 5.60. The van der Waals surface area contributed by atoms with Gasteiger partial charge in [-0.2, -0.15) is 0 Å². The third-order valence-corrected chi connectivity index (χ3v) is 12.9. The first-order valence-corrected chi connectivity index (χ1v) is 20.0. The first-order chi connectivity index (χ1) is 26.8. The number of benzene rings is 8. The maximum Gasteiger partial charge on any atom is 0.0468 e. The van der Waals surface area contributed by atoms with E-state index in [2.05, 4.69) is 209 Å². The molecule has 0 unspecified atom stereocenters. The summed E-state index contributed by atoms with van der Waals surface area (Å²) in [6.07, 6.45) is 0. The number of aryl methyl sites for hydroxylation is 2. The first-order valence-electron chi connectivity index (χ1n) is 19.2. The molecular weight excluding hydrogens is 683 g/mol. The molecule has 0 aliphatic heterocycles. The van der Waals surface area contributed by atoms with Crippen LogP contribution in [0.4, 0.5) is 17.1 Å². The molecule has 1 heterocycles. The molecular formula is C53H41NS. The fourth-order valence-corrected chi connectivity index (χ4v) is 9.91. The fourth-order valence-electron chi connectivity index (χ4n) is 8.67. The lowest BCUT2D eigenvalue weighted by molar-refractivity contribution is 0.660. The summed E-state index contributed by atoms with van der Waals surface area (Å²) < 4.78 is 2.67. The van der Waals surface area contributed by atoms with Crippen LogP contribution in [-0.2, 0) is 5.41 Å². The first kappa shape index (κ1) is 33.4. The predicted molar refractivity (Wildman–Crippen MR) is 237 cm³/mol. The van der Waals surface area contributed by atoms with Crippen LogP contribution in [0.25, 0.3) is 64.7 Å². The van der Waals surface area contributed by atoms with Crippen LogP contribution in [0.1, 0.15) is 36.1 Å². The van der Waals surface area contributed by atoms with Gasteiger partial charge in [0.2, 0.25) is 0 Å². The topological polar surface area (TPSA) is 3.24 Å². The van der Waals surface area contributed by atoms with Crippen molar-refractivity contribution < 1.29 is 0 Å². The van der Waals surface area contributed by atoms with Gasteiger partial charge in [-0.25, -0.2) is 0 Å². The number of thiophene rings is 1. The van der Waals surface area contributed by atoms with Crippen LogP contribution in [0, 0.1) is 13.8 Å². The summed E-state index contributed by atoms with van der Waals surface area (Å²) in [6.45, 7) is 9.03. The highest BCUT2D eigenvalue weighted by atomic mass is 32.1.